The normalized spacial score (nSPS) is 12.7. The Morgan fingerprint density at radius 3 is 2.76 bits per heavy atom. The van der Waals surface area contributed by atoms with Crippen LogP contribution in [0, 0.1) is 6.92 Å². The van der Waals surface area contributed by atoms with Crippen LogP contribution >= 0.6 is 15.9 Å². The first-order valence-electron chi connectivity index (χ1n) is 5.43. The summed E-state index contributed by atoms with van der Waals surface area (Å²) in [5.41, 5.74) is 9.12. The van der Waals surface area contributed by atoms with Gasteiger partial charge in [0.15, 0.2) is 0 Å². The van der Waals surface area contributed by atoms with E-state index in [1.165, 1.54) is 0 Å². The molecular weight excluding hydrogens is 280 g/mol. The molecule has 17 heavy (non-hydrogen) atoms. The fourth-order valence-electron chi connectivity index (χ4n) is 1.63. The lowest BCUT2D eigenvalue weighted by molar-refractivity contribution is 0.645. The van der Waals surface area contributed by atoms with Crippen LogP contribution in [0.2, 0.25) is 0 Å². The largest absolute Gasteiger partial charge is 0.322 e. The summed E-state index contributed by atoms with van der Waals surface area (Å²) in [4.78, 5) is 4.31. The van der Waals surface area contributed by atoms with Gasteiger partial charge in [-0.25, -0.2) is 0 Å². The van der Waals surface area contributed by atoms with E-state index in [9.17, 15) is 0 Å². The standard InChI is InChI=1S/C12H15BrN4/c1-8-5-12(16-17(8)2)11(14)6-10-4-3-9(13)7-15-10/h3-5,7,11H,6,14H2,1-2H3. The molecular formula is C12H15BrN4. The van der Waals surface area contributed by atoms with Crippen molar-refractivity contribution in [2.75, 3.05) is 0 Å². The van der Waals surface area contributed by atoms with Gasteiger partial charge in [-0.2, -0.15) is 5.10 Å². The Kier molecular flexibility index (Phi) is 3.59. The van der Waals surface area contributed by atoms with Gasteiger partial charge in [0.2, 0.25) is 0 Å². The summed E-state index contributed by atoms with van der Waals surface area (Å²) in [6.45, 7) is 2.01. The second kappa shape index (κ2) is 4.98. The smallest absolute Gasteiger partial charge is 0.0798 e. The van der Waals surface area contributed by atoms with E-state index in [0.717, 1.165) is 21.6 Å². The van der Waals surface area contributed by atoms with Gasteiger partial charge in [-0.15, -0.1) is 0 Å². The van der Waals surface area contributed by atoms with Crippen molar-refractivity contribution in [2.24, 2.45) is 12.8 Å². The molecule has 0 aliphatic heterocycles. The predicted octanol–water partition coefficient (Wildman–Crippen LogP) is 2.13. The highest BCUT2D eigenvalue weighted by molar-refractivity contribution is 9.10. The molecule has 2 heterocycles. The van der Waals surface area contributed by atoms with E-state index in [1.54, 1.807) is 6.20 Å². The molecule has 0 spiro atoms. The maximum atomic E-state index is 6.12. The first-order valence-corrected chi connectivity index (χ1v) is 6.22. The summed E-state index contributed by atoms with van der Waals surface area (Å²) in [5.74, 6) is 0. The van der Waals surface area contributed by atoms with Crippen molar-refractivity contribution in [2.45, 2.75) is 19.4 Å². The molecule has 0 saturated carbocycles. The van der Waals surface area contributed by atoms with Crippen LogP contribution in [-0.2, 0) is 13.5 Å². The number of rotatable bonds is 3. The van der Waals surface area contributed by atoms with Crippen LogP contribution in [0.15, 0.2) is 28.9 Å². The maximum absolute atomic E-state index is 6.12. The highest BCUT2D eigenvalue weighted by atomic mass is 79.9. The summed E-state index contributed by atoms with van der Waals surface area (Å²) in [5, 5.41) is 4.38. The van der Waals surface area contributed by atoms with Gasteiger partial charge in [0, 0.05) is 35.5 Å². The number of hydrogen-bond donors (Lipinski definition) is 1. The van der Waals surface area contributed by atoms with E-state index in [-0.39, 0.29) is 6.04 Å². The second-order valence-corrected chi connectivity index (χ2v) is 5.03. The molecule has 0 saturated heterocycles. The fourth-order valence-corrected chi connectivity index (χ4v) is 1.86. The number of pyridine rings is 1. The summed E-state index contributed by atoms with van der Waals surface area (Å²) >= 11 is 3.36. The molecule has 0 fully saturated rings. The molecule has 2 aromatic heterocycles. The molecule has 0 aromatic carbocycles. The minimum absolute atomic E-state index is 0.108. The quantitative estimate of drug-likeness (QED) is 0.943. The van der Waals surface area contributed by atoms with Crippen LogP contribution in [0.25, 0.3) is 0 Å². The summed E-state index contributed by atoms with van der Waals surface area (Å²) in [6, 6.07) is 5.85. The second-order valence-electron chi connectivity index (χ2n) is 4.11. The minimum atomic E-state index is -0.108. The Bertz CT molecular complexity index is 484. The van der Waals surface area contributed by atoms with E-state index in [4.69, 9.17) is 5.73 Å². The Labute approximate surface area is 109 Å². The van der Waals surface area contributed by atoms with Crippen LogP contribution < -0.4 is 5.73 Å². The first-order chi connectivity index (χ1) is 8.06. The van der Waals surface area contributed by atoms with Crippen molar-refractivity contribution >= 4 is 15.9 Å². The Morgan fingerprint density at radius 2 is 2.24 bits per heavy atom. The van der Waals surface area contributed by atoms with E-state index in [0.29, 0.717) is 6.42 Å². The lowest BCUT2D eigenvalue weighted by Gasteiger charge is -2.07. The molecule has 2 N–H and O–H groups in total. The predicted molar refractivity (Wildman–Crippen MR) is 70.5 cm³/mol. The molecule has 2 rings (SSSR count). The lowest BCUT2D eigenvalue weighted by atomic mass is 10.1. The molecule has 0 aliphatic carbocycles. The number of aryl methyl sites for hydroxylation is 2. The number of halogens is 1. The third-order valence-electron chi connectivity index (χ3n) is 2.73. The van der Waals surface area contributed by atoms with Crippen LogP contribution in [-0.4, -0.2) is 14.8 Å². The molecule has 1 atom stereocenters. The van der Waals surface area contributed by atoms with E-state index in [1.807, 2.05) is 36.9 Å². The number of aromatic nitrogens is 3. The Balaban J connectivity index is 2.11. The molecule has 0 radical (unpaired) electrons. The van der Waals surface area contributed by atoms with Gasteiger partial charge in [0.05, 0.1) is 11.7 Å². The van der Waals surface area contributed by atoms with Crippen LogP contribution in [0.1, 0.15) is 23.1 Å². The maximum Gasteiger partial charge on any atom is 0.0798 e. The highest BCUT2D eigenvalue weighted by Crippen LogP contribution is 2.15. The Morgan fingerprint density at radius 1 is 1.47 bits per heavy atom. The van der Waals surface area contributed by atoms with Gasteiger partial charge in [-0.05, 0) is 41.1 Å². The van der Waals surface area contributed by atoms with Gasteiger partial charge in [-0.1, -0.05) is 0 Å². The zero-order valence-corrected chi connectivity index (χ0v) is 11.5. The van der Waals surface area contributed by atoms with Gasteiger partial charge in [-0.3, -0.25) is 9.67 Å². The molecule has 0 bridgehead atoms. The number of hydrogen-bond acceptors (Lipinski definition) is 3. The van der Waals surface area contributed by atoms with Gasteiger partial charge in [0.25, 0.3) is 0 Å². The zero-order chi connectivity index (χ0) is 12.4. The molecule has 5 heteroatoms. The van der Waals surface area contributed by atoms with E-state index < -0.39 is 0 Å². The third-order valence-corrected chi connectivity index (χ3v) is 3.20. The van der Waals surface area contributed by atoms with Crippen LogP contribution in [0.4, 0.5) is 0 Å². The lowest BCUT2D eigenvalue weighted by Crippen LogP contribution is -2.15. The van der Waals surface area contributed by atoms with Crippen molar-refractivity contribution in [3.63, 3.8) is 0 Å². The zero-order valence-electron chi connectivity index (χ0n) is 9.89. The van der Waals surface area contributed by atoms with Crippen LogP contribution in [0.5, 0.6) is 0 Å². The number of nitrogens with two attached hydrogens (primary N) is 1. The minimum Gasteiger partial charge on any atom is -0.322 e. The van der Waals surface area contributed by atoms with Crippen molar-refractivity contribution in [3.05, 3.63) is 46.0 Å². The molecule has 0 amide bonds. The summed E-state index contributed by atoms with van der Waals surface area (Å²) < 4.78 is 2.81. The van der Waals surface area contributed by atoms with Crippen LogP contribution in [0.3, 0.4) is 0 Å². The van der Waals surface area contributed by atoms with Crippen molar-refractivity contribution in [1.82, 2.24) is 14.8 Å². The topological polar surface area (TPSA) is 56.7 Å². The average molecular weight is 295 g/mol. The highest BCUT2D eigenvalue weighted by Gasteiger charge is 2.12. The SMILES string of the molecule is Cc1cc(C(N)Cc2ccc(Br)cn2)nn1C. The first kappa shape index (κ1) is 12.3. The molecule has 4 nitrogen and oxygen atoms in total. The van der Waals surface area contributed by atoms with Crippen molar-refractivity contribution in [3.8, 4) is 0 Å². The molecule has 1 unspecified atom stereocenters. The monoisotopic (exact) mass is 294 g/mol. The van der Waals surface area contributed by atoms with E-state index in [2.05, 4.69) is 26.0 Å². The van der Waals surface area contributed by atoms with Crippen molar-refractivity contribution in [1.29, 1.82) is 0 Å². The summed E-state index contributed by atoms with van der Waals surface area (Å²) in [7, 11) is 1.92. The van der Waals surface area contributed by atoms with Crippen molar-refractivity contribution < 1.29 is 0 Å². The molecule has 2 aromatic rings. The number of nitrogens with zero attached hydrogens (tertiary/aromatic N) is 3. The fraction of sp³-hybridized carbons (Fsp3) is 0.333. The molecule has 0 aliphatic rings. The van der Waals surface area contributed by atoms with Gasteiger partial charge >= 0.3 is 0 Å². The average Bonchev–Trinajstić information content (AvgIpc) is 2.63. The van der Waals surface area contributed by atoms with Gasteiger partial charge < -0.3 is 5.73 Å². The van der Waals surface area contributed by atoms with Gasteiger partial charge in [0.1, 0.15) is 0 Å². The summed E-state index contributed by atoms with van der Waals surface area (Å²) in [6.07, 6.45) is 2.48. The van der Waals surface area contributed by atoms with E-state index >= 15 is 0 Å². The third kappa shape index (κ3) is 2.92. The Hall–Kier alpha value is -1.20. The molecule has 90 valence electrons.